The van der Waals surface area contributed by atoms with Gasteiger partial charge in [-0.25, -0.2) is 0 Å². The highest BCUT2D eigenvalue weighted by Gasteiger charge is 2.25. The summed E-state index contributed by atoms with van der Waals surface area (Å²) in [6, 6.07) is 10.4. The largest absolute Gasteiger partial charge is 0.516 e. The van der Waals surface area contributed by atoms with Gasteiger partial charge in [0.2, 0.25) is 0 Å². The summed E-state index contributed by atoms with van der Waals surface area (Å²) in [6.45, 7) is 22.3. The Morgan fingerprint density at radius 3 is 1.92 bits per heavy atom. The summed E-state index contributed by atoms with van der Waals surface area (Å²) in [7, 11) is 0. The predicted molar refractivity (Wildman–Crippen MR) is 155 cm³/mol. The third-order valence-electron chi connectivity index (χ3n) is 6.04. The fourth-order valence-electron chi connectivity index (χ4n) is 3.66. The molecule has 1 unspecified atom stereocenters. The van der Waals surface area contributed by atoms with Gasteiger partial charge < -0.3 is 14.6 Å². The van der Waals surface area contributed by atoms with Crippen LogP contribution in [0.15, 0.2) is 140 Å². The topological polar surface area (TPSA) is 38.7 Å². The van der Waals surface area contributed by atoms with E-state index in [0.29, 0.717) is 6.61 Å². The van der Waals surface area contributed by atoms with Crippen LogP contribution in [0.3, 0.4) is 0 Å². The highest BCUT2D eigenvalue weighted by Crippen LogP contribution is 2.36. The Morgan fingerprint density at radius 1 is 0.833 bits per heavy atom. The predicted octanol–water partition coefficient (Wildman–Crippen LogP) is 8.85. The fraction of sp³-hybridized carbons (Fsp3) is 0.273. The number of benzene rings is 1. The molecular weight excluding hydrogens is 444 g/mol. The second-order valence-corrected chi connectivity index (χ2v) is 9.39. The molecule has 1 aromatic rings. The van der Waals surface area contributed by atoms with Crippen molar-refractivity contribution in [1.29, 1.82) is 0 Å². The number of allylic oxidation sites excluding steroid dienone is 12. The first-order valence-corrected chi connectivity index (χ1v) is 12.1. The summed E-state index contributed by atoms with van der Waals surface area (Å²) in [4.78, 5) is 0. The Hall–Kier alpha value is -3.72. The number of rotatable bonds is 15. The molecule has 0 bridgehead atoms. The van der Waals surface area contributed by atoms with E-state index in [1.54, 1.807) is 36.8 Å². The van der Waals surface area contributed by atoms with E-state index in [1.165, 1.54) is 5.56 Å². The van der Waals surface area contributed by atoms with Gasteiger partial charge in [-0.2, -0.15) is 0 Å². The monoisotopic (exact) mass is 486 g/mol. The van der Waals surface area contributed by atoms with Crippen molar-refractivity contribution in [2.45, 2.75) is 46.1 Å². The summed E-state index contributed by atoms with van der Waals surface area (Å²) < 4.78 is 11.6. The van der Waals surface area contributed by atoms with Crippen LogP contribution in [-0.2, 0) is 14.9 Å². The Kier molecular flexibility index (Phi) is 12.9. The molecule has 0 aromatic heterocycles. The number of aliphatic hydroxyl groups excluding tert-OH is 1. The van der Waals surface area contributed by atoms with Crippen LogP contribution in [0.1, 0.15) is 40.2 Å². The molecule has 0 aliphatic heterocycles. The van der Waals surface area contributed by atoms with Crippen molar-refractivity contribution in [3.63, 3.8) is 0 Å². The van der Waals surface area contributed by atoms with Crippen molar-refractivity contribution in [2.24, 2.45) is 5.41 Å². The van der Waals surface area contributed by atoms with Gasteiger partial charge in [0, 0.05) is 10.8 Å². The number of hydrogen-bond acceptors (Lipinski definition) is 3. The van der Waals surface area contributed by atoms with Crippen molar-refractivity contribution in [1.82, 2.24) is 0 Å². The maximum atomic E-state index is 9.29. The van der Waals surface area contributed by atoms with Crippen LogP contribution in [0, 0.1) is 5.41 Å². The lowest BCUT2D eigenvalue weighted by molar-refractivity contribution is 0.0812. The molecule has 1 rings (SSSR count). The molecule has 1 atom stereocenters. The van der Waals surface area contributed by atoms with E-state index in [0.717, 1.165) is 23.0 Å². The first-order chi connectivity index (χ1) is 17.1. The fourth-order valence-corrected chi connectivity index (χ4v) is 3.66. The quantitative estimate of drug-likeness (QED) is 0.199. The van der Waals surface area contributed by atoms with Gasteiger partial charge in [0.05, 0.1) is 18.8 Å². The van der Waals surface area contributed by atoms with Crippen LogP contribution in [0.4, 0.5) is 0 Å². The molecule has 0 saturated carbocycles. The summed E-state index contributed by atoms with van der Waals surface area (Å²) in [5.74, 6) is 0. The van der Waals surface area contributed by atoms with Crippen molar-refractivity contribution >= 4 is 0 Å². The smallest absolute Gasteiger partial charge is 0.129 e. The summed E-state index contributed by atoms with van der Waals surface area (Å²) in [6.07, 6.45) is 20.8. The van der Waals surface area contributed by atoms with Gasteiger partial charge in [-0.15, -0.1) is 0 Å². The van der Waals surface area contributed by atoms with E-state index >= 15 is 0 Å². The average molecular weight is 487 g/mol. The lowest BCUT2D eigenvalue weighted by atomic mass is 9.76. The molecule has 0 amide bonds. The molecule has 36 heavy (non-hydrogen) atoms. The number of aliphatic hydroxyl groups is 1. The van der Waals surface area contributed by atoms with Crippen molar-refractivity contribution < 1.29 is 14.6 Å². The first kappa shape index (κ1) is 30.3. The second-order valence-electron chi connectivity index (χ2n) is 9.39. The van der Waals surface area contributed by atoms with Gasteiger partial charge in [-0.05, 0) is 47.4 Å². The van der Waals surface area contributed by atoms with E-state index in [9.17, 15) is 5.11 Å². The van der Waals surface area contributed by atoms with Gasteiger partial charge in [-0.1, -0.05) is 114 Å². The minimum atomic E-state index is -0.399. The summed E-state index contributed by atoms with van der Waals surface area (Å²) in [5.41, 5.74) is 3.60. The van der Waals surface area contributed by atoms with Crippen molar-refractivity contribution in [3.8, 4) is 0 Å². The van der Waals surface area contributed by atoms with E-state index in [1.807, 2.05) is 55.5 Å². The van der Waals surface area contributed by atoms with Crippen LogP contribution in [0.2, 0.25) is 0 Å². The second kappa shape index (κ2) is 15.3. The molecule has 0 aliphatic rings. The van der Waals surface area contributed by atoms with Gasteiger partial charge in [0.15, 0.2) is 0 Å². The van der Waals surface area contributed by atoms with Gasteiger partial charge >= 0.3 is 0 Å². The minimum Gasteiger partial charge on any atom is -0.516 e. The van der Waals surface area contributed by atoms with E-state index < -0.39 is 5.41 Å². The number of hydrogen-bond donors (Lipinski definition) is 1. The lowest BCUT2D eigenvalue weighted by Crippen LogP contribution is -2.19. The van der Waals surface area contributed by atoms with Crippen LogP contribution < -0.4 is 0 Å². The third kappa shape index (κ3) is 9.14. The van der Waals surface area contributed by atoms with E-state index in [-0.39, 0.29) is 11.5 Å². The number of ether oxygens (including phenoxy) is 2. The average Bonchev–Trinajstić information content (AvgIpc) is 2.85. The zero-order valence-corrected chi connectivity index (χ0v) is 22.5. The zero-order valence-electron chi connectivity index (χ0n) is 22.5. The molecular formula is C33H42O3. The highest BCUT2D eigenvalue weighted by molar-refractivity contribution is 5.42. The molecule has 1 aromatic carbocycles. The standard InChI is InChI=1S/C33H42O3/c1-9-15-28(20-23-34)32(5,6)30(17-11-3)22-25-36-27(4)26-35-24-21-29(16-10-2)33(7,8)31-18-13-12-14-19-31/h9-25,27,34H,1-3,26H2,4-8H3/b23-20-,24-21-,25-22-,28-15+,29-16+,30-17+. The lowest BCUT2D eigenvalue weighted by Gasteiger charge is -2.28. The maximum absolute atomic E-state index is 9.29. The molecule has 3 nitrogen and oxygen atoms in total. The van der Waals surface area contributed by atoms with Crippen LogP contribution in [0.25, 0.3) is 0 Å². The van der Waals surface area contributed by atoms with Gasteiger partial charge in [0.1, 0.15) is 12.7 Å². The molecule has 1 N–H and O–H groups in total. The minimum absolute atomic E-state index is 0.159. The van der Waals surface area contributed by atoms with E-state index in [2.05, 4.69) is 59.6 Å². The van der Waals surface area contributed by atoms with Crippen LogP contribution in [-0.4, -0.2) is 17.8 Å². The van der Waals surface area contributed by atoms with Gasteiger partial charge in [-0.3, -0.25) is 0 Å². The molecule has 0 spiro atoms. The van der Waals surface area contributed by atoms with E-state index in [4.69, 9.17) is 9.47 Å². The van der Waals surface area contributed by atoms with Crippen LogP contribution in [0.5, 0.6) is 0 Å². The normalized spacial score (nSPS) is 14.9. The Morgan fingerprint density at radius 2 is 1.36 bits per heavy atom. The molecule has 0 heterocycles. The third-order valence-corrected chi connectivity index (χ3v) is 6.04. The molecule has 0 radical (unpaired) electrons. The SMILES string of the molecule is C=C/C=C(\C=C/O)C(C)(C)C(/C=C\OC(C)CO/C=C\C(=C/C=C)C(C)(C)c1ccccc1)=C/C=C. The van der Waals surface area contributed by atoms with Gasteiger partial charge in [0.25, 0.3) is 0 Å². The Bertz CT molecular complexity index is 1030. The maximum Gasteiger partial charge on any atom is 0.129 e. The molecule has 0 aliphatic carbocycles. The summed E-state index contributed by atoms with van der Waals surface area (Å²) >= 11 is 0. The van der Waals surface area contributed by atoms with Crippen LogP contribution >= 0.6 is 0 Å². The molecule has 0 fully saturated rings. The Labute approximate surface area is 218 Å². The van der Waals surface area contributed by atoms with Crippen molar-refractivity contribution in [2.75, 3.05) is 6.61 Å². The summed E-state index contributed by atoms with van der Waals surface area (Å²) in [5, 5.41) is 9.29. The zero-order chi connectivity index (χ0) is 27.0. The highest BCUT2D eigenvalue weighted by atomic mass is 16.5. The molecule has 0 saturated heterocycles. The first-order valence-electron chi connectivity index (χ1n) is 12.1. The van der Waals surface area contributed by atoms with Crippen molar-refractivity contribution in [3.05, 3.63) is 146 Å². The molecule has 3 heteroatoms. The molecule has 192 valence electrons. The Balaban J connectivity index is 2.82.